The maximum absolute atomic E-state index is 12.7. The van der Waals surface area contributed by atoms with Crippen molar-refractivity contribution in [3.05, 3.63) is 29.8 Å². The standard InChI is InChI=1S/C16H21NO3/c1-4-20-15-8-6-5-7-13(15)16(19)17-10-11(2)9-14(17)12(3)18/h5-8,11,14H,4,9-10H2,1-3H3. The van der Waals surface area contributed by atoms with E-state index in [1.165, 1.54) is 0 Å². The van der Waals surface area contributed by atoms with Gasteiger partial charge in [-0.1, -0.05) is 19.1 Å². The third kappa shape index (κ3) is 2.84. The molecule has 1 aromatic carbocycles. The molecule has 0 radical (unpaired) electrons. The fourth-order valence-corrected chi connectivity index (χ4v) is 2.74. The van der Waals surface area contributed by atoms with Gasteiger partial charge in [0.1, 0.15) is 5.75 Å². The average molecular weight is 275 g/mol. The number of ether oxygens (including phenoxy) is 1. The van der Waals surface area contributed by atoms with E-state index in [0.29, 0.717) is 30.4 Å². The van der Waals surface area contributed by atoms with Crippen molar-refractivity contribution in [2.24, 2.45) is 5.92 Å². The zero-order valence-electron chi connectivity index (χ0n) is 12.3. The third-order valence-corrected chi connectivity index (χ3v) is 3.66. The summed E-state index contributed by atoms with van der Waals surface area (Å²) in [7, 11) is 0. The molecule has 0 aromatic heterocycles. The summed E-state index contributed by atoms with van der Waals surface area (Å²) in [4.78, 5) is 26.1. The van der Waals surface area contributed by atoms with Crippen LogP contribution in [0.3, 0.4) is 0 Å². The molecule has 0 aliphatic carbocycles. The molecule has 1 saturated heterocycles. The smallest absolute Gasteiger partial charge is 0.258 e. The quantitative estimate of drug-likeness (QED) is 0.848. The third-order valence-electron chi connectivity index (χ3n) is 3.66. The number of carbonyl (C=O) groups is 2. The maximum Gasteiger partial charge on any atom is 0.258 e. The lowest BCUT2D eigenvalue weighted by Crippen LogP contribution is -2.39. The van der Waals surface area contributed by atoms with Crippen molar-refractivity contribution in [2.45, 2.75) is 33.2 Å². The number of rotatable bonds is 4. The highest BCUT2D eigenvalue weighted by molar-refractivity contribution is 6.00. The fourth-order valence-electron chi connectivity index (χ4n) is 2.74. The number of amides is 1. The van der Waals surface area contributed by atoms with Gasteiger partial charge in [0.05, 0.1) is 18.2 Å². The molecule has 0 bridgehead atoms. The number of nitrogens with zero attached hydrogens (tertiary/aromatic N) is 1. The molecule has 0 spiro atoms. The Morgan fingerprint density at radius 2 is 2.05 bits per heavy atom. The van der Waals surface area contributed by atoms with Crippen LogP contribution in [0, 0.1) is 5.92 Å². The average Bonchev–Trinajstić information content (AvgIpc) is 2.81. The maximum atomic E-state index is 12.7. The molecular formula is C16H21NO3. The van der Waals surface area contributed by atoms with Crippen molar-refractivity contribution in [1.29, 1.82) is 0 Å². The minimum atomic E-state index is -0.299. The molecule has 4 nitrogen and oxygen atoms in total. The van der Waals surface area contributed by atoms with Gasteiger partial charge < -0.3 is 9.64 Å². The largest absolute Gasteiger partial charge is 0.493 e. The molecule has 0 saturated carbocycles. The van der Waals surface area contributed by atoms with Crippen molar-refractivity contribution >= 4 is 11.7 Å². The SMILES string of the molecule is CCOc1ccccc1C(=O)N1CC(C)CC1C(C)=O. The van der Waals surface area contributed by atoms with Gasteiger partial charge in [0.25, 0.3) is 5.91 Å². The Morgan fingerprint density at radius 1 is 1.35 bits per heavy atom. The Kier molecular flexibility index (Phi) is 4.42. The minimum Gasteiger partial charge on any atom is -0.493 e. The summed E-state index contributed by atoms with van der Waals surface area (Å²) in [6.45, 7) is 6.65. The van der Waals surface area contributed by atoms with Crippen LogP contribution in [0.25, 0.3) is 0 Å². The first-order valence-electron chi connectivity index (χ1n) is 7.07. The van der Waals surface area contributed by atoms with Gasteiger partial charge in [0.15, 0.2) is 5.78 Å². The predicted molar refractivity (Wildman–Crippen MR) is 76.9 cm³/mol. The van der Waals surface area contributed by atoms with Crippen molar-refractivity contribution < 1.29 is 14.3 Å². The fraction of sp³-hybridized carbons (Fsp3) is 0.500. The summed E-state index contributed by atoms with van der Waals surface area (Å²) in [5.74, 6) is 0.879. The van der Waals surface area contributed by atoms with E-state index < -0.39 is 0 Å². The van der Waals surface area contributed by atoms with E-state index >= 15 is 0 Å². The first kappa shape index (κ1) is 14.6. The van der Waals surface area contributed by atoms with Gasteiger partial charge >= 0.3 is 0 Å². The second-order valence-electron chi connectivity index (χ2n) is 5.35. The summed E-state index contributed by atoms with van der Waals surface area (Å²) in [5, 5.41) is 0. The van der Waals surface area contributed by atoms with Crippen LogP contribution >= 0.6 is 0 Å². The van der Waals surface area contributed by atoms with Crippen LogP contribution in [0.15, 0.2) is 24.3 Å². The molecule has 4 heteroatoms. The molecule has 108 valence electrons. The highest BCUT2D eigenvalue weighted by atomic mass is 16.5. The Bertz CT molecular complexity index is 512. The van der Waals surface area contributed by atoms with Crippen LogP contribution in [0.5, 0.6) is 5.75 Å². The number of para-hydroxylation sites is 1. The molecule has 1 amide bonds. The molecule has 0 N–H and O–H groups in total. The number of benzene rings is 1. The zero-order valence-corrected chi connectivity index (χ0v) is 12.3. The molecule has 2 atom stereocenters. The Hall–Kier alpha value is -1.84. The lowest BCUT2D eigenvalue weighted by Gasteiger charge is -2.23. The molecule has 20 heavy (non-hydrogen) atoms. The van der Waals surface area contributed by atoms with Gasteiger partial charge in [-0.05, 0) is 38.3 Å². The van der Waals surface area contributed by atoms with Crippen molar-refractivity contribution in [3.63, 3.8) is 0 Å². The van der Waals surface area contributed by atoms with Gasteiger partial charge in [-0.3, -0.25) is 9.59 Å². The normalized spacial score (nSPS) is 21.9. The van der Waals surface area contributed by atoms with E-state index in [-0.39, 0.29) is 17.7 Å². The van der Waals surface area contributed by atoms with Crippen molar-refractivity contribution in [3.8, 4) is 5.75 Å². The minimum absolute atomic E-state index is 0.0524. The number of ketones is 1. The van der Waals surface area contributed by atoms with E-state index in [4.69, 9.17) is 4.74 Å². The number of likely N-dealkylation sites (tertiary alicyclic amines) is 1. The second kappa shape index (κ2) is 6.07. The van der Waals surface area contributed by atoms with Crippen molar-refractivity contribution in [2.75, 3.05) is 13.2 Å². The Morgan fingerprint density at radius 3 is 2.70 bits per heavy atom. The van der Waals surface area contributed by atoms with Crippen LogP contribution in [0.2, 0.25) is 0 Å². The summed E-state index contributed by atoms with van der Waals surface area (Å²) in [5.41, 5.74) is 0.537. The monoisotopic (exact) mass is 275 g/mol. The molecule has 1 aliphatic heterocycles. The number of hydrogen-bond acceptors (Lipinski definition) is 3. The van der Waals surface area contributed by atoms with Crippen LogP contribution in [-0.4, -0.2) is 35.8 Å². The summed E-state index contributed by atoms with van der Waals surface area (Å²) >= 11 is 0. The van der Waals surface area contributed by atoms with E-state index in [1.54, 1.807) is 24.0 Å². The lowest BCUT2D eigenvalue weighted by atomic mass is 10.1. The van der Waals surface area contributed by atoms with Crippen LogP contribution in [-0.2, 0) is 4.79 Å². The highest BCUT2D eigenvalue weighted by Gasteiger charge is 2.36. The number of carbonyl (C=O) groups excluding carboxylic acids is 2. The van der Waals surface area contributed by atoms with Gasteiger partial charge in [0.2, 0.25) is 0 Å². The molecule has 2 rings (SSSR count). The topological polar surface area (TPSA) is 46.6 Å². The summed E-state index contributed by atoms with van der Waals surface area (Å²) in [6, 6.07) is 6.91. The zero-order chi connectivity index (χ0) is 14.7. The molecule has 1 aromatic rings. The molecule has 1 heterocycles. The molecule has 1 fully saturated rings. The summed E-state index contributed by atoms with van der Waals surface area (Å²) < 4.78 is 5.51. The van der Waals surface area contributed by atoms with E-state index in [2.05, 4.69) is 6.92 Å². The van der Waals surface area contributed by atoms with Gasteiger partial charge in [-0.25, -0.2) is 0 Å². The van der Waals surface area contributed by atoms with E-state index in [0.717, 1.165) is 6.42 Å². The summed E-state index contributed by atoms with van der Waals surface area (Å²) in [6.07, 6.45) is 0.748. The lowest BCUT2D eigenvalue weighted by molar-refractivity contribution is -0.120. The highest BCUT2D eigenvalue weighted by Crippen LogP contribution is 2.28. The first-order valence-corrected chi connectivity index (χ1v) is 7.07. The molecule has 1 aliphatic rings. The molecular weight excluding hydrogens is 254 g/mol. The van der Waals surface area contributed by atoms with Gasteiger partial charge in [0, 0.05) is 6.54 Å². The Labute approximate surface area is 119 Å². The first-order chi connectivity index (χ1) is 9.54. The molecule has 2 unspecified atom stereocenters. The number of hydrogen-bond donors (Lipinski definition) is 0. The van der Waals surface area contributed by atoms with Crippen LogP contribution in [0.4, 0.5) is 0 Å². The predicted octanol–water partition coefficient (Wildman–Crippen LogP) is 2.52. The van der Waals surface area contributed by atoms with Crippen LogP contribution < -0.4 is 4.74 Å². The Balaban J connectivity index is 2.29. The number of Topliss-reactive ketones (excluding diaryl/α,β-unsaturated/α-hetero) is 1. The van der Waals surface area contributed by atoms with Crippen LogP contribution in [0.1, 0.15) is 37.6 Å². The second-order valence-corrected chi connectivity index (χ2v) is 5.35. The van der Waals surface area contributed by atoms with Crippen molar-refractivity contribution in [1.82, 2.24) is 4.90 Å². The van der Waals surface area contributed by atoms with Gasteiger partial charge in [-0.15, -0.1) is 0 Å². The van der Waals surface area contributed by atoms with Gasteiger partial charge in [-0.2, -0.15) is 0 Å². The van der Waals surface area contributed by atoms with E-state index in [1.807, 2.05) is 19.1 Å². The van der Waals surface area contributed by atoms with E-state index in [9.17, 15) is 9.59 Å².